The van der Waals surface area contributed by atoms with Gasteiger partial charge < -0.3 is 9.47 Å². The number of carbonyl (C=O) groups excluding carboxylic acids is 1. The quantitative estimate of drug-likeness (QED) is 0.651. The van der Waals surface area contributed by atoms with Gasteiger partial charge in [0.25, 0.3) is 5.56 Å². The molecular formula is C17H14N4O4. The number of carbonyl (C=O) groups is 1. The van der Waals surface area contributed by atoms with Crippen LogP contribution in [-0.2, 0) is 16.0 Å². The Morgan fingerprint density at radius 1 is 1.20 bits per heavy atom. The summed E-state index contributed by atoms with van der Waals surface area (Å²) >= 11 is 0. The second-order valence-corrected chi connectivity index (χ2v) is 6.22. The minimum Gasteiger partial charge on any atom is -0.454 e. The minimum absolute atomic E-state index is 0.192. The molecule has 3 unspecified atom stereocenters. The molecule has 4 heterocycles. The van der Waals surface area contributed by atoms with Crippen LogP contribution < -0.4 is 5.56 Å². The van der Waals surface area contributed by atoms with Crippen LogP contribution in [0, 0.1) is 0 Å². The van der Waals surface area contributed by atoms with Gasteiger partial charge in [-0.3, -0.25) is 9.36 Å². The van der Waals surface area contributed by atoms with Crippen molar-refractivity contribution in [3.8, 4) is 0 Å². The van der Waals surface area contributed by atoms with Crippen molar-refractivity contribution < 1.29 is 14.3 Å². The second-order valence-electron chi connectivity index (χ2n) is 6.22. The van der Waals surface area contributed by atoms with Crippen molar-refractivity contribution in [2.24, 2.45) is 0 Å². The average molecular weight is 338 g/mol. The summed E-state index contributed by atoms with van der Waals surface area (Å²) in [4.78, 5) is 24.9. The number of aromatic nitrogens is 4. The lowest BCUT2D eigenvalue weighted by Crippen LogP contribution is -2.33. The van der Waals surface area contributed by atoms with E-state index < -0.39 is 18.3 Å². The summed E-state index contributed by atoms with van der Waals surface area (Å²) in [5, 5.41) is 8.19. The first kappa shape index (κ1) is 14.4. The highest BCUT2D eigenvalue weighted by molar-refractivity contribution is 5.89. The average Bonchev–Trinajstić information content (AvgIpc) is 3.15. The molecule has 8 nitrogen and oxygen atoms in total. The van der Waals surface area contributed by atoms with Crippen LogP contribution in [0.4, 0.5) is 0 Å². The molecule has 2 aromatic heterocycles. The van der Waals surface area contributed by atoms with Crippen LogP contribution in [0.1, 0.15) is 23.0 Å². The number of benzene rings is 1. The first-order chi connectivity index (χ1) is 12.2. The molecule has 126 valence electrons. The minimum atomic E-state index is -0.673. The highest BCUT2D eigenvalue weighted by atomic mass is 16.6. The molecule has 25 heavy (non-hydrogen) atoms. The van der Waals surface area contributed by atoms with Crippen LogP contribution in [-0.4, -0.2) is 37.7 Å². The van der Waals surface area contributed by atoms with E-state index >= 15 is 0 Å². The summed E-state index contributed by atoms with van der Waals surface area (Å²) in [5.41, 5.74) is 1.45. The zero-order valence-electron chi connectivity index (χ0n) is 13.1. The zero-order valence-corrected chi connectivity index (χ0v) is 13.1. The fourth-order valence-electron chi connectivity index (χ4n) is 3.52. The molecule has 2 aliphatic rings. The molecule has 0 N–H and O–H groups in total. The lowest BCUT2D eigenvalue weighted by molar-refractivity contribution is -0.0462. The van der Waals surface area contributed by atoms with Gasteiger partial charge >= 0.3 is 5.97 Å². The molecule has 8 heteroatoms. The Balaban J connectivity index is 1.55. The second kappa shape index (κ2) is 5.25. The van der Waals surface area contributed by atoms with Gasteiger partial charge in [-0.05, 0) is 18.2 Å². The largest absolute Gasteiger partial charge is 0.454 e. The van der Waals surface area contributed by atoms with Crippen LogP contribution in [0.25, 0.3) is 11.2 Å². The molecule has 0 radical (unpaired) electrons. The lowest BCUT2D eigenvalue weighted by Gasteiger charge is -2.21. The number of ether oxygens (including phenoxy) is 2. The van der Waals surface area contributed by atoms with Gasteiger partial charge in [0.15, 0.2) is 11.9 Å². The number of nitrogens with zero attached hydrogens (tertiary/aromatic N) is 4. The van der Waals surface area contributed by atoms with E-state index in [2.05, 4.69) is 10.3 Å². The maximum absolute atomic E-state index is 12.5. The number of fused-ring (bicyclic) bond motifs is 3. The van der Waals surface area contributed by atoms with Crippen LogP contribution in [0.2, 0.25) is 0 Å². The van der Waals surface area contributed by atoms with Crippen molar-refractivity contribution in [3.05, 3.63) is 58.4 Å². The molecule has 0 spiro atoms. The van der Waals surface area contributed by atoms with Gasteiger partial charge in [0.1, 0.15) is 11.6 Å². The molecule has 1 fully saturated rings. The number of hydrogen-bond acceptors (Lipinski definition) is 6. The molecule has 1 saturated heterocycles. The molecule has 1 aromatic carbocycles. The Hall–Kier alpha value is -3.00. The Labute approximate surface area is 141 Å². The van der Waals surface area contributed by atoms with Crippen molar-refractivity contribution in [3.63, 3.8) is 0 Å². The first-order valence-corrected chi connectivity index (χ1v) is 8.07. The molecule has 0 saturated carbocycles. The highest BCUT2D eigenvalue weighted by Gasteiger charge is 2.43. The SMILES string of the molecule is O=C(OC1CC2Cn3nnc4ccc(=O)n(c43)C1O2)c1ccccc1. The van der Waals surface area contributed by atoms with E-state index in [1.165, 1.54) is 10.6 Å². The Morgan fingerprint density at radius 2 is 2.04 bits per heavy atom. The number of esters is 1. The molecule has 3 aromatic rings. The van der Waals surface area contributed by atoms with Crippen molar-refractivity contribution in [2.75, 3.05) is 0 Å². The summed E-state index contributed by atoms with van der Waals surface area (Å²) < 4.78 is 14.8. The molecule has 0 amide bonds. The molecule has 3 atom stereocenters. The van der Waals surface area contributed by atoms with E-state index in [0.29, 0.717) is 29.7 Å². The number of hydrogen-bond donors (Lipinski definition) is 0. The van der Waals surface area contributed by atoms with E-state index in [-0.39, 0.29) is 11.7 Å². The number of pyridine rings is 1. The van der Waals surface area contributed by atoms with E-state index in [4.69, 9.17) is 9.47 Å². The summed E-state index contributed by atoms with van der Waals surface area (Å²) in [7, 11) is 0. The third kappa shape index (κ3) is 2.18. The highest BCUT2D eigenvalue weighted by Crippen LogP contribution is 2.35. The van der Waals surface area contributed by atoms with Crippen LogP contribution in [0.3, 0.4) is 0 Å². The van der Waals surface area contributed by atoms with Crippen molar-refractivity contribution >= 4 is 17.1 Å². The lowest BCUT2D eigenvalue weighted by atomic mass is 10.1. The first-order valence-electron chi connectivity index (χ1n) is 8.07. The molecule has 0 aliphatic carbocycles. The zero-order chi connectivity index (χ0) is 17.0. The summed E-state index contributed by atoms with van der Waals surface area (Å²) in [6.07, 6.45) is -0.896. The Morgan fingerprint density at radius 3 is 2.88 bits per heavy atom. The van der Waals surface area contributed by atoms with E-state index in [1.54, 1.807) is 35.0 Å². The van der Waals surface area contributed by atoms with E-state index in [0.717, 1.165) is 0 Å². The maximum atomic E-state index is 12.5. The molecular weight excluding hydrogens is 324 g/mol. The van der Waals surface area contributed by atoms with Crippen molar-refractivity contribution in [1.29, 1.82) is 0 Å². The van der Waals surface area contributed by atoms with Gasteiger partial charge in [-0.2, -0.15) is 0 Å². The smallest absolute Gasteiger partial charge is 0.338 e. The van der Waals surface area contributed by atoms with Crippen LogP contribution >= 0.6 is 0 Å². The number of rotatable bonds is 2. The third-order valence-corrected chi connectivity index (χ3v) is 4.63. The van der Waals surface area contributed by atoms with Gasteiger partial charge in [0.2, 0.25) is 0 Å². The van der Waals surface area contributed by atoms with Gasteiger partial charge in [-0.1, -0.05) is 23.4 Å². The normalized spacial score (nSPS) is 24.2. The fraction of sp³-hybridized carbons (Fsp3) is 0.294. The van der Waals surface area contributed by atoms with E-state index in [1.807, 2.05) is 6.07 Å². The standard InChI is InChI=1S/C17H14N4O4/c22-14-7-6-12-15-20(19-18-12)9-11-8-13(16(24-11)21(14)15)25-17(23)10-4-2-1-3-5-10/h1-7,11,13,16H,8-9H2. The van der Waals surface area contributed by atoms with Gasteiger partial charge in [-0.15, -0.1) is 5.10 Å². The van der Waals surface area contributed by atoms with Crippen molar-refractivity contribution in [1.82, 2.24) is 19.6 Å². The fourth-order valence-corrected chi connectivity index (χ4v) is 3.52. The summed E-state index contributed by atoms with van der Waals surface area (Å²) in [5.74, 6) is -0.424. The summed E-state index contributed by atoms with van der Waals surface area (Å²) in [6, 6.07) is 11.9. The van der Waals surface area contributed by atoms with Crippen molar-refractivity contribution in [2.45, 2.75) is 31.4 Å². The third-order valence-electron chi connectivity index (χ3n) is 4.63. The molecule has 2 bridgehead atoms. The van der Waals surface area contributed by atoms with Gasteiger partial charge in [0.05, 0.1) is 18.2 Å². The summed E-state index contributed by atoms with van der Waals surface area (Å²) in [6.45, 7) is 0.468. The van der Waals surface area contributed by atoms with Gasteiger partial charge in [-0.25, -0.2) is 9.48 Å². The van der Waals surface area contributed by atoms with Gasteiger partial charge in [0, 0.05) is 12.5 Å². The van der Waals surface area contributed by atoms with Crippen LogP contribution in [0.15, 0.2) is 47.3 Å². The topological polar surface area (TPSA) is 88.2 Å². The molecule has 2 aliphatic heterocycles. The Bertz CT molecular complexity index is 1030. The Kier molecular flexibility index (Phi) is 3.01. The predicted octanol–water partition coefficient (Wildman–Crippen LogP) is 1.12. The molecule has 5 rings (SSSR count). The maximum Gasteiger partial charge on any atom is 0.338 e. The van der Waals surface area contributed by atoms with E-state index in [9.17, 15) is 9.59 Å². The van der Waals surface area contributed by atoms with Crippen LogP contribution in [0.5, 0.6) is 0 Å². The monoisotopic (exact) mass is 338 g/mol. The predicted molar refractivity (Wildman–Crippen MR) is 86.0 cm³/mol.